The highest BCUT2D eigenvalue weighted by molar-refractivity contribution is 9.10. The maximum absolute atomic E-state index is 11.9. The highest BCUT2D eigenvalue weighted by Crippen LogP contribution is 2.26. The summed E-state index contributed by atoms with van der Waals surface area (Å²) in [6.07, 6.45) is 0. The smallest absolute Gasteiger partial charge is 0.257 e. The first-order chi connectivity index (χ1) is 8.60. The molecule has 0 radical (unpaired) electrons. The molecule has 3 N–H and O–H groups in total. The fourth-order valence-corrected chi connectivity index (χ4v) is 2.31. The number of anilines is 2. The molecular formula is C10H9BrN4O2S. The van der Waals surface area contributed by atoms with Crippen LogP contribution in [0.3, 0.4) is 0 Å². The van der Waals surface area contributed by atoms with Crippen LogP contribution in [0.25, 0.3) is 0 Å². The van der Waals surface area contributed by atoms with Gasteiger partial charge in [-0.25, -0.2) is 0 Å². The molecule has 0 unspecified atom stereocenters. The Morgan fingerprint density at radius 1 is 1.50 bits per heavy atom. The lowest BCUT2D eigenvalue weighted by Crippen LogP contribution is -2.11. The van der Waals surface area contributed by atoms with Crippen LogP contribution in [0.4, 0.5) is 10.3 Å². The minimum absolute atomic E-state index is 0.283. The number of hydrogen-bond acceptors (Lipinski definition) is 6. The van der Waals surface area contributed by atoms with Gasteiger partial charge in [-0.1, -0.05) is 11.3 Å². The molecule has 2 aromatic rings. The summed E-state index contributed by atoms with van der Waals surface area (Å²) in [7, 11) is 1.56. The molecule has 6 nitrogen and oxygen atoms in total. The summed E-state index contributed by atoms with van der Waals surface area (Å²) >= 11 is 4.42. The van der Waals surface area contributed by atoms with E-state index in [0.717, 1.165) is 11.3 Å². The predicted octanol–water partition coefficient (Wildman–Crippen LogP) is 2.14. The first-order valence-electron chi connectivity index (χ1n) is 4.84. The number of aromatic nitrogens is 2. The van der Waals surface area contributed by atoms with E-state index in [2.05, 4.69) is 31.4 Å². The molecule has 94 valence electrons. The molecule has 1 heterocycles. The largest absolute Gasteiger partial charge is 0.496 e. The van der Waals surface area contributed by atoms with Gasteiger partial charge in [-0.15, -0.1) is 10.2 Å². The SMILES string of the molecule is COc1ccc(C(=O)Nc2nnc(N)s2)cc1Br. The summed E-state index contributed by atoms with van der Waals surface area (Å²) in [4.78, 5) is 11.9. The number of nitrogen functional groups attached to an aromatic ring is 1. The fourth-order valence-electron chi connectivity index (χ4n) is 1.26. The third-order valence-corrected chi connectivity index (χ3v) is 3.36. The number of carbonyl (C=O) groups excluding carboxylic acids is 1. The summed E-state index contributed by atoms with van der Waals surface area (Å²) in [6, 6.07) is 5.02. The molecule has 0 saturated heterocycles. The van der Waals surface area contributed by atoms with Gasteiger partial charge >= 0.3 is 0 Å². The molecule has 0 saturated carbocycles. The average Bonchev–Trinajstić information content (AvgIpc) is 2.74. The van der Waals surface area contributed by atoms with Gasteiger partial charge in [-0.2, -0.15) is 0 Å². The highest BCUT2D eigenvalue weighted by atomic mass is 79.9. The van der Waals surface area contributed by atoms with Gasteiger partial charge in [0.2, 0.25) is 10.3 Å². The van der Waals surface area contributed by atoms with E-state index in [1.165, 1.54) is 0 Å². The van der Waals surface area contributed by atoms with E-state index < -0.39 is 0 Å². The van der Waals surface area contributed by atoms with Crippen molar-refractivity contribution in [2.75, 3.05) is 18.2 Å². The van der Waals surface area contributed by atoms with Gasteiger partial charge in [0.1, 0.15) is 5.75 Å². The molecule has 8 heteroatoms. The monoisotopic (exact) mass is 328 g/mol. The number of halogens is 1. The average molecular weight is 329 g/mol. The highest BCUT2D eigenvalue weighted by Gasteiger charge is 2.11. The molecule has 0 atom stereocenters. The normalized spacial score (nSPS) is 10.1. The lowest BCUT2D eigenvalue weighted by molar-refractivity contribution is 0.102. The minimum atomic E-state index is -0.283. The van der Waals surface area contributed by atoms with Gasteiger partial charge < -0.3 is 10.5 Å². The predicted molar refractivity (Wildman–Crippen MR) is 73.0 cm³/mol. The quantitative estimate of drug-likeness (QED) is 0.900. The number of nitrogens with one attached hydrogen (secondary N) is 1. The van der Waals surface area contributed by atoms with Crippen molar-refractivity contribution in [2.45, 2.75) is 0 Å². The number of hydrogen-bond donors (Lipinski definition) is 2. The molecule has 0 fully saturated rings. The Morgan fingerprint density at radius 2 is 2.28 bits per heavy atom. The van der Waals surface area contributed by atoms with Crippen LogP contribution in [-0.4, -0.2) is 23.2 Å². The van der Waals surface area contributed by atoms with Crippen LogP contribution in [0.5, 0.6) is 5.75 Å². The molecule has 1 aromatic carbocycles. The van der Waals surface area contributed by atoms with E-state index in [0.29, 0.717) is 26.0 Å². The molecule has 1 amide bonds. The van der Waals surface area contributed by atoms with E-state index >= 15 is 0 Å². The molecule has 0 aliphatic carbocycles. The maximum atomic E-state index is 11.9. The zero-order valence-electron chi connectivity index (χ0n) is 9.31. The number of benzene rings is 1. The van der Waals surface area contributed by atoms with E-state index in [9.17, 15) is 4.79 Å². The van der Waals surface area contributed by atoms with Gasteiger partial charge in [0.25, 0.3) is 5.91 Å². The number of ether oxygens (including phenoxy) is 1. The Balaban J connectivity index is 2.16. The van der Waals surface area contributed by atoms with Crippen molar-refractivity contribution in [3.63, 3.8) is 0 Å². The number of rotatable bonds is 3. The first kappa shape index (κ1) is 12.8. The van der Waals surface area contributed by atoms with Gasteiger partial charge in [0.15, 0.2) is 0 Å². The number of carbonyl (C=O) groups is 1. The number of nitrogens with zero attached hydrogens (tertiary/aromatic N) is 2. The summed E-state index contributed by atoms with van der Waals surface area (Å²) in [5.74, 6) is 0.376. The first-order valence-corrected chi connectivity index (χ1v) is 6.45. The second-order valence-corrected chi connectivity index (χ2v) is 5.11. The van der Waals surface area contributed by atoms with Gasteiger partial charge in [0, 0.05) is 5.56 Å². The van der Waals surface area contributed by atoms with Crippen molar-refractivity contribution in [1.29, 1.82) is 0 Å². The molecule has 0 spiro atoms. The summed E-state index contributed by atoms with van der Waals surface area (Å²) in [5, 5.41) is 10.6. The number of amides is 1. The molecule has 1 aromatic heterocycles. The summed E-state index contributed by atoms with van der Waals surface area (Å²) in [5.41, 5.74) is 5.91. The minimum Gasteiger partial charge on any atom is -0.496 e. The third kappa shape index (κ3) is 2.77. The second kappa shape index (κ2) is 5.32. The second-order valence-electron chi connectivity index (χ2n) is 3.25. The lowest BCUT2D eigenvalue weighted by atomic mass is 10.2. The van der Waals surface area contributed by atoms with E-state index in [1.807, 2.05) is 0 Å². The molecule has 0 bridgehead atoms. The fraction of sp³-hybridized carbons (Fsp3) is 0.100. The topological polar surface area (TPSA) is 90.1 Å². The van der Waals surface area contributed by atoms with Crippen LogP contribution >= 0.6 is 27.3 Å². The van der Waals surface area contributed by atoms with E-state index in [-0.39, 0.29) is 5.91 Å². The van der Waals surface area contributed by atoms with Crippen LogP contribution in [0, 0.1) is 0 Å². The standard InChI is InChI=1S/C10H9BrN4O2S/c1-17-7-3-2-5(4-6(7)11)8(16)13-10-15-14-9(12)18-10/h2-4H,1H3,(H2,12,14)(H,13,15,16). The Morgan fingerprint density at radius 3 is 2.83 bits per heavy atom. The summed E-state index contributed by atoms with van der Waals surface area (Å²) < 4.78 is 5.79. The lowest BCUT2D eigenvalue weighted by Gasteiger charge is -2.05. The van der Waals surface area contributed by atoms with Crippen molar-refractivity contribution in [3.8, 4) is 5.75 Å². The zero-order chi connectivity index (χ0) is 13.1. The molecule has 2 rings (SSSR count). The van der Waals surface area contributed by atoms with Crippen molar-refractivity contribution < 1.29 is 9.53 Å². The Bertz CT molecular complexity index is 587. The van der Waals surface area contributed by atoms with Gasteiger partial charge in [0.05, 0.1) is 11.6 Å². The van der Waals surface area contributed by atoms with Crippen LogP contribution in [0.15, 0.2) is 22.7 Å². The van der Waals surface area contributed by atoms with Crippen LogP contribution in [0.1, 0.15) is 10.4 Å². The molecule has 0 aliphatic heterocycles. The maximum Gasteiger partial charge on any atom is 0.257 e. The molecular weight excluding hydrogens is 320 g/mol. The third-order valence-electron chi connectivity index (χ3n) is 2.08. The Hall–Kier alpha value is -1.67. The summed E-state index contributed by atoms with van der Waals surface area (Å²) in [6.45, 7) is 0. The Kier molecular flexibility index (Phi) is 3.78. The number of nitrogens with two attached hydrogens (primary N) is 1. The van der Waals surface area contributed by atoms with Crippen molar-refractivity contribution >= 4 is 43.4 Å². The Labute approximate surface area is 115 Å². The molecule has 18 heavy (non-hydrogen) atoms. The van der Waals surface area contributed by atoms with E-state index in [1.54, 1.807) is 25.3 Å². The van der Waals surface area contributed by atoms with Crippen LogP contribution < -0.4 is 15.8 Å². The van der Waals surface area contributed by atoms with Crippen LogP contribution in [0.2, 0.25) is 0 Å². The van der Waals surface area contributed by atoms with Crippen molar-refractivity contribution in [3.05, 3.63) is 28.2 Å². The van der Waals surface area contributed by atoms with Crippen molar-refractivity contribution in [1.82, 2.24) is 10.2 Å². The molecule has 0 aliphatic rings. The number of methoxy groups -OCH3 is 1. The zero-order valence-corrected chi connectivity index (χ0v) is 11.7. The van der Waals surface area contributed by atoms with Gasteiger partial charge in [-0.3, -0.25) is 10.1 Å². The van der Waals surface area contributed by atoms with Crippen molar-refractivity contribution in [2.24, 2.45) is 0 Å². The van der Waals surface area contributed by atoms with Crippen LogP contribution in [-0.2, 0) is 0 Å². The van der Waals surface area contributed by atoms with Gasteiger partial charge in [-0.05, 0) is 34.1 Å². The van der Waals surface area contributed by atoms with E-state index in [4.69, 9.17) is 10.5 Å².